The number of halogens is 1. The van der Waals surface area contributed by atoms with Crippen LogP contribution < -0.4 is 10.2 Å². The molecule has 0 aromatic heterocycles. The molecule has 1 aromatic rings. The third-order valence-electron chi connectivity index (χ3n) is 3.04. The van der Waals surface area contributed by atoms with E-state index in [1.807, 2.05) is 13.2 Å². The second-order valence-corrected chi connectivity index (χ2v) is 5.78. The Balaban J connectivity index is 2.22. The third kappa shape index (κ3) is 2.87. The van der Waals surface area contributed by atoms with E-state index in [0.717, 1.165) is 16.2 Å². The summed E-state index contributed by atoms with van der Waals surface area (Å²) in [5.74, 6) is 0.623. The second kappa shape index (κ2) is 5.84. The van der Waals surface area contributed by atoms with E-state index in [4.69, 9.17) is 11.6 Å². The summed E-state index contributed by atoms with van der Waals surface area (Å²) in [5, 5.41) is 3.25. The molecule has 0 spiro atoms. The van der Waals surface area contributed by atoms with E-state index in [9.17, 15) is 9.59 Å². The minimum absolute atomic E-state index is 0.209. The maximum absolute atomic E-state index is 12.2. The summed E-state index contributed by atoms with van der Waals surface area (Å²) in [5.41, 5.74) is 1.43. The van der Waals surface area contributed by atoms with Crippen LogP contribution in [-0.2, 0) is 4.79 Å². The Morgan fingerprint density at radius 3 is 2.79 bits per heavy atom. The number of amides is 3. The van der Waals surface area contributed by atoms with Crippen molar-refractivity contribution in [2.75, 3.05) is 16.9 Å². The van der Waals surface area contributed by atoms with Crippen LogP contribution in [0.25, 0.3) is 0 Å². The summed E-state index contributed by atoms with van der Waals surface area (Å²) in [6.45, 7) is 1.87. The van der Waals surface area contributed by atoms with Crippen LogP contribution in [0.2, 0.25) is 5.02 Å². The molecule has 19 heavy (non-hydrogen) atoms. The van der Waals surface area contributed by atoms with Crippen LogP contribution in [0.1, 0.15) is 12.0 Å². The van der Waals surface area contributed by atoms with Gasteiger partial charge in [-0.3, -0.25) is 4.79 Å². The number of hydrogen-bond acceptors (Lipinski definition) is 3. The molecule has 4 nitrogen and oxygen atoms in total. The van der Waals surface area contributed by atoms with Crippen LogP contribution in [0.5, 0.6) is 0 Å². The lowest BCUT2D eigenvalue weighted by atomic mass is 10.2. The van der Waals surface area contributed by atoms with Crippen molar-refractivity contribution < 1.29 is 9.59 Å². The van der Waals surface area contributed by atoms with Crippen LogP contribution in [0, 0.1) is 6.92 Å². The highest BCUT2D eigenvalue weighted by molar-refractivity contribution is 7.98. The van der Waals surface area contributed by atoms with Gasteiger partial charge in [-0.1, -0.05) is 17.7 Å². The lowest BCUT2D eigenvalue weighted by Gasteiger charge is -2.14. The minimum Gasteiger partial charge on any atom is -0.325 e. The summed E-state index contributed by atoms with van der Waals surface area (Å²) < 4.78 is 0. The first-order valence-electron chi connectivity index (χ1n) is 5.94. The molecule has 1 heterocycles. The molecule has 3 amide bonds. The molecule has 0 radical (unpaired) electrons. The van der Waals surface area contributed by atoms with E-state index in [1.165, 1.54) is 0 Å². The topological polar surface area (TPSA) is 49.4 Å². The van der Waals surface area contributed by atoms with Crippen LogP contribution in [-0.4, -0.2) is 30.0 Å². The molecule has 2 rings (SSSR count). The van der Waals surface area contributed by atoms with E-state index in [2.05, 4.69) is 5.32 Å². The molecule has 1 N–H and O–H groups in total. The summed E-state index contributed by atoms with van der Waals surface area (Å²) in [6, 6.07) is 4.37. The third-order valence-corrected chi connectivity index (χ3v) is 4.09. The Morgan fingerprint density at radius 1 is 1.42 bits per heavy atom. The molecule has 0 bridgehead atoms. The Bertz CT molecular complexity index is 521. The predicted octanol–water partition coefficient (Wildman–Crippen LogP) is 2.83. The van der Waals surface area contributed by atoms with Crippen molar-refractivity contribution in [1.29, 1.82) is 0 Å². The van der Waals surface area contributed by atoms with Crippen LogP contribution in [0.4, 0.5) is 10.5 Å². The normalized spacial score (nSPS) is 18.9. The van der Waals surface area contributed by atoms with Crippen LogP contribution in [0.15, 0.2) is 18.2 Å². The van der Waals surface area contributed by atoms with Gasteiger partial charge in [-0.25, -0.2) is 9.69 Å². The Labute approximate surface area is 121 Å². The number of benzene rings is 1. The molecule has 1 aromatic carbocycles. The van der Waals surface area contributed by atoms with Gasteiger partial charge in [0.05, 0.1) is 5.69 Å². The molecule has 1 aliphatic rings. The average Bonchev–Trinajstić information content (AvgIpc) is 2.65. The number of hydrogen-bond donors (Lipinski definition) is 1. The number of carbonyl (C=O) groups excluding carboxylic acids is 2. The monoisotopic (exact) mass is 298 g/mol. The number of carbonyl (C=O) groups is 2. The van der Waals surface area contributed by atoms with Gasteiger partial charge in [0.1, 0.15) is 6.04 Å². The Hall–Kier alpha value is -1.20. The number of nitrogens with one attached hydrogen (secondary N) is 1. The molecular formula is C13H15ClN2O2S. The molecule has 0 saturated carbocycles. The largest absolute Gasteiger partial charge is 0.329 e. The molecule has 6 heteroatoms. The quantitative estimate of drug-likeness (QED) is 0.870. The van der Waals surface area contributed by atoms with Gasteiger partial charge in [0, 0.05) is 5.02 Å². The van der Waals surface area contributed by atoms with E-state index in [0.29, 0.717) is 17.1 Å². The van der Waals surface area contributed by atoms with E-state index in [1.54, 1.807) is 30.0 Å². The van der Waals surface area contributed by atoms with Crippen molar-refractivity contribution in [1.82, 2.24) is 5.32 Å². The summed E-state index contributed by atoms with van der Waals surface area (Å²) >= 11 is 7.68. The van der Waals surface area contributed by atoms with Crippen molar-refractivity contribution in [2.45, 2.75) is 19.4 Å². The van der Waals surface area contributed by atoms with E-state index in [-0.39, 0.29) is 11.9 Å². The van der Waals surface area contributed by atoms with E-state index < -0.39 is 6.04 Å². The number of imide groups is 1. The minimum atomic E-state index is -0.431. The second-order valence-electron chi connectivity index (χ2n) is 4.39. The zero-order valence-corrected chi connectivity index (χ0v) is 12.3. The van der Waals surface area contributed by atoms with Gasteiger partial charge < -0.3 is 5.32 Å². The van der Waals surface area contributed by atoms with Crippen molar-refractivity contribution >= 4 is 41.0 Å². The first-order valence-corrected chi connectivity index (χ1v) is 7.71. The highest BCUT2D eigenvalue weighted by Gasteiger charge is 2.38. The highest BCUT2D eigenvalue weighted by Crippen LogP contribution is 2.26. The van der Waals surface area contributed by atoms with E-state index >= 15 is 0 Å². The maximum Gasteiger partial charge on any atom is 0.329 e. The van der Waals surface area contributed by atoms with Crippen molar-refractivity contribution in [3.63, 3.8) is 0 Å². The average molecular weight is 299 g/mol. The Morgan fingerprint density at radius 2 is 2.16 bits per heavy atom. The zero-order valence-electron chi connectivity index (χ0n) is 10.8. The first-order chi connectivity index (χ1) is 9.04. The van der Waals surface area contributed by atoms with Gasteiger partial charge in [-0.15, -0.1) is 0 Å². The molecule has 0 aliphatic carbocycles. The number of nitrogens with zero attached hydrogens (tertiary/aromatic N) is 1. The summed E-state index contributed by atoms with van der Waals surface area (Å²) in [7, 11) is 0. The van der Waals surface area contributed by atoms with Gasteiger partial charge in [0.15, 0.2) is 0 Å². The molecule has 102 valence electrons. The smallest absolute Gasteiger partial charge is 0.325 e. The number of aryl methyl sites for hydroxylation is 1. The molecule has 1 aliphatic heterocycles. The fourth-order valence-corrected chi connectivity index (χ4v) is 2.57. The fourth-order valence-electron chi connectivity index (χ4n) is 1.93. The number of anilines is 1. The van der Waals surface area contributed by atoms with Crippen molar-refractivity contribution in [2.24, 2.45) is 0 Å². The number of rotatable bonds is 4. The standard InChI is InChI=1S/C13H15ClN2O2S/c1-8-3-4-9(7-10(8)14)16-12(17)11(5-6-19-2)15-13(16)18/h3-4,7,11H,5-6H2,1-2H3,(H,15,18). The number of urea groups is 1. The van der Waals surface area contributed by atoms with Gasteiger partial charge in [0.25, 0.3) is 5.91 Å². The summed E-state index contributed by atoms with van der Waals surface area (Å²) in [4.78, 5) is 25.3. The van der Waals surface area contributed by atoms with Gasteiger partial charge in [0.2, 0.25) is 0 Å². The maximum atomic E-state index is 12.2. The van der Waals surface area contributed by atoms with Gasteiger partial charge >= 0.3 is 6.03 Å². The summed E-state index contributed by atoms with van der Waals surface area (Å²) in [6.07, 6.45) is 2.61. The lowest BCUT2D eigenvalue weighted by Crippen LogP contribution is -2.31. The predicted molar refractivity (Wildman–Crippen MR) is 79.0 cm³/mol. The molecule has 1 saturated heterocycles. The molecular weight excluding hydrogens is 284 g/mol. The highest BCUT2D eigenvalue weighted by atomic mass is 35.5. The number of thioether (sulfide) groups is 1. The van der Waals surface area contributed by atoms with Gasteiger partial charge in [-0.05, 0) is 43.0 Å². The van der Waals surface area contributed by atoms with Gasteiger partial charge in [-0.2, -0.15) is 11.8 Å². The first kappa shape index (κ1) is 14.2. The molecule has 1 atom stereocenters. The van der Waals surface area contributed by atoms with Crippen molar-refractivity contribution in [3.8, 4) is 0 Å². The molecule has 1 unspecified atom stereocenters. The van der Waals surface area contributed by atoms with Crippen LogP contribution in [0.3, 0.4) is 0 Å². The Kier molecular flexibility index (Phi) is 4.37. The fraction of sp³-hybridized carbons (Fsp3) is 0.385. The lowest BCUT2D eigenvalue weighted by molar-refractivity contribution is -0.118. The SMILES string of the molecule is CSCCC1NC(=O)N(c2ccc(C)c(Cl)c2)C1=O. The van der Waals surface area contributed by atoms with Crippen molar-refractivity contribution in [3.05, 3.63) is 28.8 Å². The van der Waals surface area contributed by atoms with Crippen LogP contribution >= 0.6 is 23.4 Å². The molecule has 1 fully saturated rings. The zero-order chi connectivity index (χ0) is 14.0.